The van der Waals surface area contributed by atoms with Crippen molar-refractivity contribution in [2.45, 2.75) is 45.3 Å². The standard InChI is InChI=1S/C21H25ClFN3O2/c1-3-4-19(20(27)25-14(2)16-7-9-17(22)10-8-16)26-21(28)24-13-15-5-11-18(23)12-6-15/h5-12,14,19H,3-4,13H2,1-2H3,(H,25,27)(H2,24,26,28). The highest BCUT2D eigenvalue weighted by molar-refractivity contribution is 6.30. The van der Waals surface area contributed by atoms with Gasteiger partial charge in [-0.2, -0.15) is 0 Å². The molecule has 0 spiro atoms. The number of carbonyl (C=O) groups excluding carboxylic acids is 2. The molecule has 0 aliphatic carbocycles. The van der Waals surface area contributed by atoms with Crippen LogP contribution in [0.1, 0.15) is 43.9 Å². The van der Waals surface area contributed by atoms with E-state index in [2.05, 4.69) is 16.0 Å². The van der Waals surface area contributed by atoms with Crippen LogP contribution in [0.3, 0.4) is 0 Å². The van der Waals surface area contributed by atoms with E-state index in [0.29, 0.717) is 11.4 Å². The average Bonchev–Trinajstić information content (AvgIpc) is 2.67. The molecule has 0 heterocycles. The van der Waals surface area contributed by atoms with E-state index in [0.717, 1.165) is 17.5 Å². The number of hydrogen-bond donors (Lipinski definition) is 3. The zero-order valence-corrected chi connectivity index (χ0v) is 16.7. The third-order valence-electron chi connectivity index (χ3n) is 4.29. The van der Waals surface area contributed by atoms with Crippen molar-refractivity contribution in [2.24, 2.45) is 0 Å². The monoisotopic (exact) mass is 405 g/mol. The summed E-state index contributed by atoms with van der Waals surface area (Å²) < 4.78 is 12.9. The van der Waals surface area contributed by atoms with Crippen molar-refractivity contribution >= 4 is 23.5 Å². The van der Waals surface area contributed by atoms with E-state index in [1.807, 2.05) is 26.0 Å². The molecule has 0 bridgehead atoms. The normalized spacial score (nSPS) is 12.7. The maximum atomic E-state index is 12.9. The summed E-state index contributed by atoms with van der Waals surface area (Å²) in [4.78, 5) is 24.8. The molecule has 0 radical (unpaired) electrons. The molecular formula is C21H25ClFN3O2. The maximum absolute atomic E-state index is 12.9. The van der Waals surface area contributed by atoms with Crippen molar-refractivity contribution in [1.82, 2.24) is 16.0 Å². The second-order valence-corrected chi connectivity index (χ2v) is 7.01. The zero-order chi connectivity index (χ0) is 20.5. The van der Waals surface area contributed by atoms with Gasteiger partial charge >= 0.3 is 6.03 Å². The minimum atomic E-state index is -0.645. The minimum absolute atomic E-state index is 0.215. The van der Waals surface area contributed by atoms with Gasteiger partial charge in [0.05, 0.1) is 6.04 Å². The molecule has 0 saturated carbocycles. The molecule has 2 atom stereocenters. The van der Waals surface area contributed by atoms with Crippen LogP contribution in [0.2, 0.25) is 5.02 Å². The molecule has 2 rings (SSSR count). The van der Waals surface area contributed by atoms with Gasteiger partial charge < -0.3 is 16.0 Å². The van der Waals surface area contributed by atoms with Crippen molar-refractivity contribution in [3.05, 3.63) is 70.5 Å². The van der Waals surface area contributed by atoms with Gasteiger partial charge in [-0.1, -0.05) is 49.2 Å². The van der Waals surface area contributed by atoms with Crippen LogP contribution in [0.25, 0.3) is 0 Å². The molecule has 7 heteroatoms. The van der Waals surface area contributed by atoms with Gasteiger partial charge in [0.2, 0.25) is 5.91 Å². The lowest BCUT2D eigenvalue weighted by Crippen LogP contribution is -2.50. The number of hydrogen-bond acceptors (Lipinski definition) is 2. The molecule has 150 valence electrons. The zero-order valence-electron chi connectivity index (χ0n) is 16.0. The Kier molecular flexibility index (Phi) is 8.26. The van der Waals surface area contributed by atoms with Crippen LogP contribution < -0.4 is 16.0 Å². The third-order valence-corrected chi connectivity index (χ3v) is 4.55. The summed E-state index contributed by atoms with van der Waals surface area (Å²) in [5, 5.41) is 8.94. The molecule has 2 aromatic carbocycles. The number of carbonyl (C=O) groups is 2. The van der Waals surface area contributed by atoms with E-state index in [1.54, 1.807) is 24.3 Å². The summed E-state index contributed by atoms with van der Waals surface area (Å²) in [6.45, 7) is 4.06. The summed E-state index contributed by atoms with van der Waals surface area (Å²) in [5.41, 5.74) is 1.69. The molecule has 3 N–H and O–H groups in total. The van der Waals surface area contributed by atoms with E-state index < -0.39 is 12.1 Å². The van der Waals surface area contributed by atoms with E-state index in [1.165, 1.54) is 12.1 Å². The number of nitrogens with one attached hydrogen (secondary N) is 3. The Morgan fingerprint density at radius 2 is 1.68 bits per heavy atom. The lowest BCUT2D eigenvalue weighted by Gasteiger charge is -2.21. The molecular weight excluding hydrogens is 381 g/mol. The first kappa shape index (κ1) is 21.7. The number of benzene rings is 2. The first-order valence-electron chi connectivity index (χ1n) is 9.23. The van der Waals surface area contributed by atoms with Crippen LogP contribution >= 0.6 is 11.6 Å². The van der Waals surface area contributed by atoms with Crippen molar-refractivity contribution in [2.75, 3.05) is 0 Å². The van der Waals surface area contributed by atoms with Crippen molar-refractivity contribution in [3.63, 3.8) is 0 Å². The molecule has 2 unspecified atom stereocenters. The molecule has 3 amide bonds. The lowest BCUT2D eigenvalue weighted by atomic mass is 10.1. The van der Waals surface area contributed by atoms with Gasteiger partial charge in [-0.3, -0.25) is 4.79 Å². The molecule has 0 saturated heterocycles. The second kappa shape index (κ2) is 10.7. The first-order valence-corrected chi connectivity index (χ1v) is 9.61. The first-order chi connectivity index (χ1) is 13.4. The highest BCUT2D eigenvalue weighted by Gasteiger charge is 2.21. The minimum Gasteiger partial charge on any atom is -0.348 e. The van der Waals surface area contributed by atoms with Crippen LogP contribution in [-0.2, 0) is 11.3 Å². The van der Waals surface area contributed by atoms with Gasteiger partial charge in [-0.15, -0.1) is 0 Å². The van der Waals surface area contributed by atoms with E-state index in [9.17, 15) is 14.0 Å². The summed E-state index contributed by atoms with van der Waals surface area (Å²) in [6, 6.07) is 11.8. The topological polar surface area (TPSA) is 70.2 Å². The molecule has 0 fully saturated rings. The van der Waals surface area contributed by atoms with Crippen molar-refractivity contribution in [3.8, 4) is 0 Å². The number of urea groups is 1. The van der Waals surface area contributed by atoms with E-state index >= 15 is 0 Å². The average molecular weight is 406 g/mol. The number of halogens is 2. The SMILES string of the molecule is CCCC(NC(=O)NCc1ccc(F)cc1)C(=O)NC(C)c1ccc(Cl)cc1. The highest BCUT2D eigenvalue weighted by Crippen LogP contribution is 2.16. The molecule has 28 heavy (non-hydrogen) atoms. The largest absolute Gasteiger partial charge is 0.348 e. The summed E-state index contributed by atoms with van der Waals surface area (Å²) in [5.74, 6) is -0.580. The van der Waals surface area contributed by atoms with E-state index in [-0.39, 0.29) is 24.3 Å². The Hall–Kier alpha value is -2.60. The lowest BCUT2D eigenvalue weighted by molar-refractivity contribution is -0.123. The van der Waals surface area contributed by atoms with E-state index in [4.69, 9.17) is 11.6 Å². The fourth-order valence-electron chi connectivity index (χ4n) is 2.70. The van der Waals surface area contributed by atoms with Crippen LogP contribution in [-0.4, -0.2) is 18.0 Å². The van der Waals surface area contributed by atoms with Gasteiger partial charge in [0.25, 0.3) is 0 Å². The number of rotatable bonds is 8. The van der Waals surface area contributed by atoms with Crippen LogP contribution in [0.4, 0.5) is 9.18 Å². The van der Waals surface area contributed by atoms with Crippen molar-refractivity contribution in [1.29, 1.82) is 0 Å². The summed E-state index contributed by atoms with van der Waals surface area (Å²) in [6.07, 6.45) is 1.26. The van der Waals surface area contributed by atoms with Gasteiger partial charge in [0.15, 0.2) is 0 Å². The van der Waals surface area contributed by atoms with Gasteiger partial charge in [0, 0.05) is 11.6 Å². The van der Waals surface area contributed by atoms with Crippen LogP contribution in [0.15, 0.2) is 48.5 Å². The maximum Gasteiger partial charge on any atom is 0.315 e. The quantitative estimate of drug-likeness (QED) is 0.612. The van der Waals surface area contributed by atoms with Crippen LogP contribution in [0, 0.1) is 5.82 Å². The Balaban J connectivity index is 1.89. The summed E-state index contributed by atoms with van der Waals surface area (Å²) in [7, 11) is 0. The molecule has 2 aromatic rings. The molecule has 0 aliphatic heterocycles. The predicted molar refractivity (Wildman–Crippen MR) is 108 cm³/mol. The highest BCUT2D eigenvalue weighted by atomic mass is 35.5. The Morgan fingerprint density at radius 3 is 2.29 bits per heavy atom. The van der Waals surface area contributed by atoms with Gasteiger partial charge in [-0.25, -0.2) is 9.18 Å². The molecule has 0 aliphatic rings. The van der Waals surface area contributed by atoms with Crippen molar-refractivity contribution < 1.29 is 14.0 Å². The Labute approximate surface area is 169 Å². The summed E-state index contributed by atoms with van der Waals surface area (Å²) >= 11 is 5.89. The Morgan fingerprint density at radius 1 is 1.04 bits per heavy atom. The van der Waals surface area contributed by atoms with Gasteiger partial charge in [0.1, 0.15) is 11.9 Å². The smallest absolute Gasteiger partial charge is 0.315 e. The molecule has 5 nitrogen and oxygen atoms in total. The Bertz CT molecular complexity index is 781. The second-order valence-electron chi connectivity index (χ2n) is 6.58. The predicted octanol–water partition coefficient (Wildman–Crippen LogP) is 4.32. The third kappa shape index (κ3) is 6.85. The number of amides is 3. The fraction of sp³-hybridized carbons (Fsp3) is 0.333. The van der Waals surface area contributed by atoms with Gasteiger partial charge in [-0.05, 0) is 48.7 Å². The van der Waals surface area contributed by atoms with Crippen LogP contribution in [0.5, 0.6) is 0 Å². The molecule has 0 aromatic heterocycles. The fourth-order valence-corrected chi connectivity index (χ4v) is 2.83.